The number of rotatable bonds is 27. The summed E-state index contributed by atoms with van der Waals surface area (Å²) in [4.78, 5) is 114. The zero-order valence-electron chi connectivity index (χ0n) is 68.8. The van der Waals surface area contributed by atoms with Gasteiger partial charge in [0, 0.05) is 133 Å². The fraction of sp³-hybridized carbons (Fsp3) is 0.264. The fourth-order valence-electron chi connectivity index (χ4n) is 15.6. The average molecular weight is 1760 g/mol. The molecule has 0 fully saturated rings. The molecule has 4 atom stereocenters. The van der Waals surface area contributed by atoms with E-state index in [2.05, 4.69) is 19.9 Å². The largest absolute Gasteiger partial charge is 0.505 e. The number of phenols is 4. The summed E-state index contributed by atoms with van der Waals surface area (Å²) in [5.41, 5.74) is 6.58. The standard InChI is InChI=1S/C26H28FN3O4S.C23H21FN2O5S.C22H19FN2O5S.C20H17FN2O4/c1-4-29(5-2)19(31)12-14-35-26-21-20(23(32)22-18(24(21)34-3)7-6-13-28-22)25(33)30(26)15-16-8-10-17(27)11-9-16;1-30-16(27)9-11-32-23-18-17(20(28)19-15(21(18)31-2)4-3-10-25-19)22(29)26(23)12-13-5-7-14(24)8-6-13;1-30-20-14-3-2-9-24-18(14)19(28)16-17(20)22(31-10-8-15(26)27)25(21(16)29)11-12-4-6-13(23)7-5-12;1-26-18-13-4-3-9-22-16(13)17(24)14-15(18)20(27-2)23(19(14)25)10-11-5-7-12(21)8-6-11/h6-11,13,26,32H,4-5,12,14-15H2,1-3H3;3-8,10,23,28H,9,11-12H2,1-2H3;2-7,9,22,28H,8,10-11H2,1H3,(H,26,27);3-9,20,24H,10H2,1-2H3. The summed E-state index contributed by atoms with van der Waals surface area (Å²) >= 11 is 4.09. The number of benzene rings is 8. The van der Waals surface area contributed by atoms with Crippen molar-refractivity contribution in [1.29, 1.82) is 0 Å². The molecule has 0 saturated carbocycles. The van der Waals surface area contributed by atoms with Gasteiger partial charge in [-0.1, -0.05) is 48.5 Å². The van der Waals surface area contributed by atoms with E-state index >= 15 is 0 Å². The van der Waals surface area contributed by atoms with Crippen LogP contribution in [0.25, 0.3) is 43.6 Å². The van der Waals surface area contributed by atoms with Crippen LogP contribution in [0.4, 0.5) is 17.6 Å². The topological polar surface area (TPSA) is 344 Å². The van der Waals surface area contributed by atoms with Gasteiger partial charge >= 0.3 is 11.9 Å². The van der Waals surface area contributed by atoms with Crippen LogP contribution >= 0.6 is 35.3 Å². The molecule has 5 N–H and O–H groups in total. The Balaban J connectivity index is 0.000000143. The van der Waals surface area contributed by atoms with E-state index in [0.717, 1.165) is 16.7 Å². The van der Waals surface area contributed by atoms with Gasteiger partial charge in [-0.2, -0.15) is 0 Å². The molecule has 16 rings (SSSR count). The number of nitrogens with zero attached hydrogens (tertiary/aromatic N) is 9. The van der Waals surface area contributed by atoms with Crippen molar-refractivity contribution in [2.45, 2.75) is 81.6 Å². The highest BCUT2D eigenvalue weighted by Crippen LogP contribution is 2.57. The van der Waals surface area contributed by atoms with Crippen molar-refractivity contribution in [3.8, 4) is 46.0 Å². The molecule has 4 aliphatic heterocycles. The van der Waals surface area contributed by atoms with Gasteiger partial charge in [0.2, 0.25) is 5.91 Å². The van der Waals surface area contributed by atoms with Gasteiger partial charge in [-0.3, -0.25) is 53.5 Å². The first-order chi connectivity index (χ1) is 60.3. The number of amides is 5. The number of pyridine rings is 4. The molecule has 125 heavy (non-hydrogen) atoms. The van der Waals surface area contributed by atoms with E-state index in [4.69, 9.17) is 33.5 Å². The number of thioether (sulfide) groups is 3. The number of halogens is 4. The molecule has 0 aliphatic carbocycles. The molecule has 648 valence electrons. The molecule has 8 heterocycles. The Morgan fingerprint density at radius 3 is 0.944 bits per heavy atom. The molecule has 12 aromatic rings. The number of aliphatic carboxylic acids is 1. The highest BCUT2D eigenvalue weighted by atomic mass is 32.2. The highest BCUT2D eigenvalue weighted by Gasteiger charge is 2.48. The van der Waals surface area contributed by atoms with Gasteiger partial charge in [-0.25, -0.2) is 17.6 Å². The summed E-state index contributed by atoms with van der Waals surface area (Å²) < 4.78 is 86.3. The Kier molecular flexibility index (Phi) is 28.3. The van der Waals surface area contributed by atoms with Gasteiger partial charge in [0.25, 0.3) is 23.6 Å². The smallest absolute Gasteiger partial charge is 0.306 e. The second kappa shape index (κ2) is 39.6. The SMILES string of the molecule is CCN(CC)C(=O)CCSC1c2c(c(O)c3ncccc3c2OC)C(=O)N1Cc1ccc(F)cc1.COC(=O)CCSC1c2c(c(O)c3ncccc3c2OC)C(=O)N1Cc1ccc(F)cc1.COc1c2c(c(O)c3ncccc13)C(=O)N(Cc1ccc(F)cc1)C2OC.COc1c2c(c(O)c3ncccc13)C(=O)N(Cc1ccc(F)cc1)C2SCCC(=O)O. The highest BCUT2D eigenvalue weighted by molar-refractivity contribution is 8.00. The van der Waals surface area contributed by atoms with Crippen molar-refractivity contribution in [2.75, 3.05) is 73.0 Å². The van der Waals surface area contributed by atoms with Gasteiger partial charge < -0.3 is 78.5 Å². The number of aromatic nitrogens is 4. The number of esters is 1. The molecular formula is C91H85F4N9O18S3. The van der Waals surface area contributed by atoms with E-state index in [9.17, 15) is 71.5 Å². The van der Waals surface area contributed by atoms with Crippen LogP contribution in [0.3, 0.4) is 0 Å². The Bertz CT molecular complexity index is 6110. The summed E-state index contributed by atoms with van der Waals surface area (Å²) in [6.45, 7) is 5.92. The minimum Gasteiger partial charge on any atom is -0.505 e. The first-order valence-corrected chi connectivity index (χ1v) is 42.4. The maximum Gasteiger partial charge on any atom is 0.306 e. The number of aromatic hydroxyl groups is 4. The summed E-state index contributed by atoms with van der Waals surface area (Å²) in [5.74, 6) is -2.22. The van der Waals surface area contributed by atoms with Crippen LogP contribution in [0.2, 0.25) is 0 Å². The average Bonchev–Trinajstić information content (AvgIpc) is 1.61. The molecule has 0 radical (unpaired) electrons. The molecule has 4 unspecified atom stereocenters. The van der Waals surface area contributed by atoms with Crippen molar-refractivity contribution in [3.05, 3.63) is 260 Å². The van der Waals surface area contributed by atoms with E-state index in [-0.39, 0.29) is 148 Å². The molecule has 0 bridgehead atoms. The molecule has 5 amide bonds. The van der Waals surface area contributed by atoms with Gasteiger partial charge in [0.05, 0.1) is 76.2 Å². The second-order valence-corrected chi connectivity index (χ2v) is 32.1. The third-order valence-corrected chi connectivity index (χ3v) is 25.1. The first-order valence-electron chi connectivity index (χ1n) is 39.2. The molecule has 0 saturated heterocycles. The van der Waals surface area contributed by atoms with Crippen LogP contribution in [-0.4, -0.2) is 184 Å². The second-order valence-electron chi connectivity index (χ2n) is 28.6. The van der Waals surface area contributed by atoms with Crippen LogP contribution < -0.4 is 18.9 Å². The molecular weight excluding hydrogens is 1680 g/mol. The molecule has 8 aromatic carbocycles. The number of methoxy groups -OCH3 is 6. The van der Waals surface area contributed by atoms with Crippen molar-refractivity contribution >= 4 is 120 Å². The number of hydrogen-bond donors (Lipinski definition) is 5. The molecule has 27 nitrogen and oxygen atoms in total. The molecule has 4 aliphatic rings. The number of phenolic OH excluding ortho intramolecular Hbond substituents is 4. The monoisotopic (exact) mass is 1760 g/mol. The third-order valence-electron chi connectivity index (χ3n) is 21.3. The van der Waals surface area contributed by atoms with E-state index in [0.29, 0.717) is 114 Å². The first kappa shape index (κ1) is 89.6. The quantitative estimate of drug-likeness (QED) is 0.0236. The number of carboxylic acid groups (broad SMARTS) is 1. The van der Waals surface area contributed by atoms with Gasteiger partial charge in [0.1, 0.15) is 84.5 Å². The zero-order chi connectivity index (χ0) is 89.2. The Hall–Kier alpha value is -13.2. The van der Waals surface area contributed by atoms with Gasteiger partial charge in [-0.15, -0.1) is 35.3 Å². The summed E-state index contributed by atoms with van der Waals surface area (Å²) in [6.07, 6.45) is 5.79. The van der Waals surface area contributed by atoms with E-state index in [1.54, 1.807) is 118 Å². The maximum atomic E-state index is 13.6. The lowest BCUT2D eigenvalue weighted by Crippen LogP contribution is -2.31. The van der Waals surface area contributed by atoms with Crippen LogP contribution in [0.15, 0.2) is 170 Å². The van der Waals surface area contributed by atoms with E-state index in [1.807, 2.05) is 13.8 Å². The molecule has 0 spiro atoms. The summed E-state index contributed by atoms with van der Waals surface area (Å²) in [7, 11) is 8.81. The molecule has 34 heteroatoms. The lowest BCUT2D eigenvalue weighted by atomic mass is 10.0. The Labute approximate surface area is 726 Å². The van der Waals surface area contributed by atoms with Crippen molar-refractivity contribution in [1.82, 2.24) is 44.4 Å². The van der Waals surface area contributed by atoms with Gasteiger partial charge in [0.15, 0.2) is 29.2 Å². The Morgan fingerprint density at radius 2 is 0.664 bits per heavy atom. The maximum absolute atomic E-state index is 13.6. The van der Waals surface area contributed by atoms with E-state index in [1.165, 1.54) is 155 Å². The number of hydrogen-bond acceptors (Lipinski definition) is 24. The zero-order valence-corrected chi connectivity index (χ0v) is 71.2. The molecule has 4 aromatic heterocycles. The minimum absolute atomic E-state index is 0.0506. The predicted octanol–water partition coefficient (Wildman–Crippen LogP) is 16.1. The lowest BCUT2D eigenvalue weighted by Gasteiger charge is -2.26. The number of ether oxygens (including phenoxy) is 6. The number of fused-ring (bicyclic) bond motifs is 8. The van der Waals surface area contributed by atoms with Crippen molar-refractivity contribution in [3.63, 3.8) is 0 Å². The van der Waals surface area contributed by atoms with Crippen molar-refractivity contribution in [2.24, 2.45) is 0 Å². The van der Waals surface area contributed by atoms with Crippen LogP contribution in [0.5, 0.6) is 46.0 Å². The number of carboxylic acids is 1. The minimum atomic E-state index is -0.945. The number of carbonyl (C=O) groups is 7. The normalized spacial score (nSPS) is 15.3. The Morgan fingerprint density at radius 1 is 0.392 bits per heavy atom. The van der Waals surface area contributed by atoms with Crippen LogP contribution in [0.1, 0.15) is 141 Å². The summed E-state index contributed by atoms with van der Waals surface area (Å²) in [5, 5.41) is 53.4. The van der Waals surface area contributed by atoms with Crippen LogP contribution in [0, 0.1) is 23.3 Å². The van der Waals surface area contributed by atoms with Crippen LogP contribution in [-0.2, 0) is 50.0 Å². The van der Waals surface area contributed by atoms with Gasteiger partial charge in [-0.05, 0) is 133 Å². The lowest BCUT2D eigenvalue weighted by molar-refractivity contribution is -0.140. The number of carbonyl (C=O) groups excluding carboxylic acids is 6. The summed E-state index contributed by atoms with van der Waals surface area (Å²) in [6, 6.07) is 37.5. The van der Waals surface area contributed by atoms with Crippen molar-refractivity contribution < 1.29 is 105 Å². The fourth-order valence-corrected chi connectivity index (χ4v) is 19.3. The third kappa shape index (κ3) is 18.2. The predicted molar refractivity (Wildman–Crippen MR) is 462 cm³/mol. The van der Waals surface area contributed by atoms with E-state index < -0.39 is 40.1 Å².